The van der Waals surface area contributed by atoms with Crippen molar-refractivity contribution in [3.63, 3.8) is 0 Å². The number of carboxylic acids is 1. The van der Waals surface area contributed by atoms with E-state index in [1.165, 1.54) is 0 Å². The van der Waals surface area contributed by atoms with E-state index in [1.807, 2.05) is 0 Å². The highest BCUT2D eigenvalue weighted by molar-refractivity contribution is 7.98. The molecule has 0 aliphatic heterocycles. The number of amides is 2. The molecule has 0 heterocycles. The molecule has 5 nitrogen and oxygen atoms in total. The number of nitrogens with one attached hydrogen (secondary N) is 2. The lowest BCUT2D eigenvalue weighted by atomic mass is 10.1. The first-order valence-corrected chi connectivity index (χ1v) is 7.79. The van der Waals surface area contributed by atoms with E-state index in [0.29, 0.717) is 19.4 Å². The van der Waals surface area contributed by atoms with Gasteiger partial charge in [-0.1, -0.05) is 0 Å². The van der Waals surface area contributed by atoms with Crippen LogP contribution in [0.1, 0.15) is 32.1 Å². The molecule has 1 saturated carbocycles. The molecule has 0 bridgehead atoms. The Morgan fingerprint density at radius 2 is 2.11 bits per heavy atom. The van der Waals surface area contributed by atoms with Crippen LogP contribution in [0.15, 0.2) is 0 Å². The van der Waals surface area contributed by atoms with E-state index in [9.17, 15) is 9.59 Å². The first kappa shape index (κ1) is 15.1. The fourth-order valence-corrected chi connectivity index (χ4v) is 2.64. The summed E-state index contributed by atoms with van der Waals surface area (Å²) in [6.45, 7) is 0.682. The molecule has 2 amide bonds. The number of hydrogen-bond donors (Lipinski definition) is 3. The summed E-state index contributed by atoms with van der Waals surface area (Å²) in [6, 6.07) is -0.160. The van der Waals surface area contributed by atoms with E-state index in [-0.39, 0.29) is 18.0 Å². The molecule has 0 aromatic carbocycles. The lowest BCUT2D eigenvalue weighted by Crippen LogP contribution is -2.41. The van der Waals surface area contributed by atoms with Crippen LogP contribution in [0.3, 0.4) is 0 Å². The molecular weight excluding hydrogens is 252 g/mol. The first-order chi connectivity index (χ1) is 8.63. The number of unbranched alkanes of at least 4 members (excludes halogenated alkanes) is 1. The molecule has 0 unspecified atom stereocenters. The average molecular weight is 274 g/mol. The Morgan fingerprint density at radius 1 is 1.33 bits per heavy atom. The van der Waals surface area contributed by atoms with Crippen molar-refractivity contribution in [1.29, 1.82) is 0 Å². The third-order valence-electron chi connectivity index (χ3n) is 3.18. The highest BCUT2D eigenvalue weighted by atomic mass is 32.2. The molecule has 18 heavy (non-hydrogen) atoms. The van der Waals surface area contributed by atoms with Crippen LogP contribution in [-0.4, -0.2) is 41.7 Å². The number of carbonyl (C=O) groups is 2. The van der Waals surface area contributed by atoms with E-state index in [0.717, 1.165) is 25.0 Å². The molecule has 1 fully saturated rings. The lowest BCUT2D eigenvalue weighted by Gasteiger charge is -2.13. The first-order valence-electron chi connectivity index (χ1n) is 6.39. The van der Waals surface area contributed by atoms with Gasteiger partial charge in [0, 0.05) is 12.6 Å². The molecule has 104 valence electrons. The summed E-state index contributed by atoms with van der Waals surface area (Å²) in [5, 5.41) is 14.5. The summed E-state index contributed by atoms with van der Waals surface area (Å²) in [4.78, 5) is 22.3. The van der Waals surface area contributed by atoms with Gasteiger partial charge in [0.05, 0.1) is 5.92 Å². The maximum atomic E-state index is 11.5. The van der Waals surface area contributed by atoms with Crippen LogP contribution < -0.4 is 10.6 Å². The minimum Gasteiger partial charge on any atom is -0.481 e. The Hall–Kier alpha value is -0.910. The van der Waals surface area contributed by atoms with Crippen molar-refractivity contribution in [3.8, 4) is 0 Å². The zero-order valence-electron chi connectivity index (χ0n) is 10.8. The Morgan fingerprint density at radius 3 is 2.72 bits per heavy atom. The van der Waals surface area contributed by atoms with Gasteiger partial charge < -0.3 is 15.7 Å². The fraction of sp³-hybridized carbons (Fsp3) is 0.833. The summed E-state index contributed by atoms with van der Waals surface area (Å²) in [5.74, 6) is 0.0697. The van der Waals surface area contributed by atoms with Gasteiger partial charge in [-0.25, -0.2) is 4.79 Å². The van der Waals surface area contributed by atoms with Crippen molar-refractivity contribution in [1.82, 2.24) is 10.6 Å². The number of carboxylic acid groups (broad SMARTS) is 1. The zero-order valence-corrected chi connectivity index (χ0v) is 11.6. The topological polar surface area (TPSA) is 78.4 Å². The van der Waals surface area contributed by atoms with E-state index in [4.69, 9.17) is 5.11 Å². The molecule has 0 saturated heterocycles. The zero-order chi connectivity index (χ0) is 13.4. The molecule has 0 radical (unpaired) electrons. The van der Waals surface area contributed by atoms with Crippen molar-refractivity contribution in [2.24, 2.45) is 5.92 Å². The molecule has 0 aromatic rings. The van der Waals surface area contributed by atoms with E-state index < -0.39 is 5.97 Å². The van der Waals surface area contributed by atoms with Crippen molar-refractivity contribution in [3.05, 3.63) is 0 Å². The van der Waals surface area contributed by atoms with Gasteiger partial charge in [-0.05, 0) is 44.1 Å². The van der Waals surface area contributed by atoms with Gasteiger partial charge in [-0.3, -0.25) is 4.79 Å². The van der Waals surface area contributed by atoms with Gasteiger partial charge >= 0.3 is 12.0 Å². The largest absolute Gasteiger partial charge is 0.481 e. The van der Waals surface area contributed by atoms with Crippen LogP contribution in [0.25, 0.3) is 0 Å². The summed E-state index contributed by atoms with van der Waals surface area (Å²) < 4.78 is 0. The molecule has 6 heteroatoms. The molecular formula is C12H22N2O3S. The third-order valence-corrected chi connectivity index (χ3v) is 3.87. The predicted octanol–water partition coefficient (Wildman–Crippen LogP) is 1.68. The Balaban J connectivity index is 2.08. The van der Waals surface area contributed by atoms with Crippen LogP contribution in [0.5, 0.6) is 0 Å². The van der Waals surface area contributed by atoms with Gasteiger partial charge in [0.1, 0.15) is 0 Å². The smallest absolute Gasteiger partial charge is 0.315 e. The Kier molecular flexibility index (Phi) is 6.93. The second kappa shape index (κ2) is 8.24. The quantitative estimate of drug-likeness (QED) is 0.617. The molecule has 1 rings (SSSR count). The number of urea groups is 1. The molecule has 0 aromatic heterocycles. The molecule has 1 aliphatic rings. The summed E-state index contributed by atoms with van der Waals surface area (Å²) in [5.41, 5.74) is 0. The monoisotopic (exact) mass is 274 g/mol. The number of aliphatic carboxylic acids is 1. The Labute approximate surface area is 112 Å². The minimum absolute atomic E-state index is 0.0114. The number of hydrogen-bond acceptors (Lipinski definition) is 3. The van der Waals surface area contributed by atoms with Crippen LogP contribution in [0.4, 0.5) is 4.79 Å². The van der Waals surface area contributed by atoms with Crippen LogP contribution >= 0.6 is 11.8 Å². The van der Waals surface area contributed by atoms with E-state index in [1.54, 1.807) is 11.8 Å². The van der Waals surface area contributed by atoms with Crippen LogP contribution in [-0.2, 0) is 4.79 Å². The van der Waals surface area contributed by atoms with Crippen molar-refractivity contribution >= 4 is 23.8 Å². The number of thioether (sulfide) groups is 1. The number of rotatable bonds is 7. The molecule has 1 aliphatic carbocycles. The van der Waals surface area contributed by atoms with Gasteiger partial charge in [0.25, 0.3) is 0 Å². The van der Waals surface area contributed by atoms with Crippen molar-refractivity contribution in [2.45, 2.75) is 38.1 Å². The van der Waals surface area contributed by atoms with Crippen molar-refractivity contribution < 1.29 is 14.7 Å². The maximum absolute atomic E-state index is 11.5. The van der Waals surface area contributed by atoms with Gasteiger partial charge in [-0.2, -0.15) is 11.8 Å². The highest BCUT2D eigenvalue weighted by Crippen LogP contribution is 2.25. The van der Waals surface area contributed by atoms with E-state index in [2.05, 4.69) is 16.9 Å². The SMILES string of the molecule is CSCCCCNC(=O)N[C@H]1CC[C@@H](C(=O)O)C1. The lowest BCUT2D eigenvalue weighted by molar-refractivity contribution is -0.141. The maximum Gasteiger partial charge on any atom is 0.315 e. The normalized spacial score (nSPS) is 22.7. The highest BCUT2D eigenvalue weighted by Gasteiger charge is 2.30. The standard InChI is InChI=1S/C12H22N2O3S/c1-18-7-3-2-6-13-12(17)14-10-5-4-9(8-10)11(15)16/h9-10H,2-8H2,1H3,(H,15,16)(H2,13,14,17)/t9-,10+/m1/s1. The molecule has 0 spiro atoms. The number of carbonyl (C=O) groups excluding carboxylic acids is 1. The summed E-state index contributed by atoms with van der Waals surface area (Å²) in [6.07, 6.45) is 6.13. The minimum atomic E-state index is -0.753. The van der Waals surface area contributed by atoms with Crippen LogP contribution in [0.2, 0.25) is 0 Å². The average Bonchev–Trinajstić information content (AvgIpc) is 2.77. The predicted molar refractivity (Wildman–Crippen MR) is 72.9 cm³/mol. The third kappa shape index (κ3) is 5.62. The second-order valence-electron chi connectivity index (χ2n) is 4.65. The summed E-state index contributed by atoms with van der Waals surface area (Å²) >= 11 is 1.81. The molecule has 3 N–H and O–H groups in total. The van der Waals surface area contributed by atoms with Gasteiger partial charge in [-0.15, -0.1) is 0 Å². The Bertz CT molecular complexity index is 286. The van der Waals surface area contributed by atoms with Crippen LogP contribution in [0, 0.1) is 5.92 Å². The fourth-order valence-electron chi connectivity index (χ4n) is 2.15. The van der Waals surface area contributed by atoms with Gasteiger partial charge in [0.15, 0.2) is 0 Å². The van der Waals surface area contributed by atoms with E-state index >= 15 is 0 Å². The molecule has 2 atom stereocenters. The van der Waals surface area contributed by atoms with Gasteiger partial charge in [0.2, 0.25) is 0 Å². The van der Waals surface area contributed by atoms with Crippen molar-refractivity contribution in [2.75, 3.05) is 18.6 Å². The second-order valence-corrected chi connectivity index (χ2v) is 5.63. The summed E-state index contributed by atoms with van der Waals surface area (Å²) in [7, 11) is 0.